The fourth-order valence-corrected chi connectivity index (χ4v) is 3.03. The van der Waals surface area contributed by atoms with E-state index in [2.05, 4.69) is 10.1 Å². The van der Waals surface area contributed by atoms with Gasteiger partial charge in [0.2, 0.25) is 5.91 Å². The van der Waals surface area contributed by atoms with Gasteiger partial charge in [-0.05, 0) is 42.8 Å². The molecular formula is C22H21F2N3O4. The van der Waals surface area contributed by atoms with E-state index in [9.17, 15) is 18.4 Å². The topological polar surface area (TPSA) is 74.5 Å². The van der Waals surface area contributed by atoms with Crippen LogP contribution in [0.1, 0.15) is 11.3 Å². The maximum atomic E-state index is 12.8. The van der Waals surface area contributed by atoms with Crippen molar-refractivity contribution in [3.63, 3.8) is 0 Å². The van der Waals surface area contributed by atoms with E-state index >= 15 is 0 Å². The average molecular weight is 429 g/mol. The van der Waals surface area contributed by atoms with Gasteiger partial charge in [-0.1, -0.05) is 24.3 Å². The molecule has 0 radical (unpaired) electrons. The van der Waals surface area contributed by atoms with Crippen LogP contribution in [0.2, 0.25) is 0 Å². The standard InChI is InChI=1S/C22H21F2N3O4/c1-14-20(21(29)27(26(14)2)16-7-5-4-6-8-16)25-19(28)12-10-15-9-11-17(31-22(23)24)18(13-15)30-3/h4-13,22H,1-3H3,(H,25,28)/b12-10+. The lowest BCUT2D eigenvalue weighted by Gasteiger charge is -2.10. The minimum Gasteiger partial charge on any atom is -0.493 e. The quantitative estimate of drug-likeness (QED) is 0.581. The molecule has 0 spiro atoms. The number of aromatic nitrogens is 2. The number of halogens is 2. The minimum absolute atomic E-state index is 0.104. The number of ether oxygens (including phenoxy) is 2. The molecule has 2 aromatic carbocycles. The number of rotatable bonds is 7. The van der Waals surface area contributed by atoms with Crippen LogP contribution in [0, 0.1) is 6.92 Å². The molecule has 1 N–H and O–H groups in total. The van der Waals surface area contributed by atoms with E-state index in [1.807, 2.05) is 18.2 Å². The summed E-state index contributed by atoms with van der Waals surface area (Å²) < 4.78 is 37.4. The van der Waals surface area contributed by atoms with Crippen molar-refractivity contribution in [3.8, 4) is 17.2 Å². The smallest absolute Gasteiger partial charge is 0.387 e. The Morgan fingerprint density at radius 2 is 1.84 bits per heavy atom. The number of alkyl halides is 2. The molecule has 0 unspecified atom stereocenters. The first kappa shape index (κ1) is 21.8. The second-order valence-electron chi connectivity index (χ2n) is 6.55. The molecule has 162 valence electrons. The highest BCUT2D eigenvalue weighted by Gasteiger charge is 2.17. The van der Waals surface area contributed by atoms with E-state index in [-0.39, 0.29) is 22.7 Å². The predicted molar refractivity (Wildman–Crippen MR) is 113 cm³/mol. The van der Waals surface area contributed by atoms with Crippen LogP contribution >= 0.6 is 0 Å². The number of hydrogen-bond acceptors (Lipinski definition) is 4. The maximum Gasteiger partial charge on any atom is 0.387 e. The van der Waals surface area contributed by atoms with Crippen LogP contribution in [-0.4, -0.2) is 29.0 Å². The van der Waals surface area contributed by atoms with E-state index in [1.165, 1.54) is 42.1 Å². The molecule has 1 amide bonds. The lowest BCUT2D eigenvalue weighted by atomic mass is 10.2. The lowest BCUT2D eigenvalue weighted by molar-refractivity contribution is -0.111. The third kappa shape index (κ3) is 4.82. The van der Waals surface area contributed by atoms with Gasteiger partial charge >= 0.3 is 6.61 Å². The molecule has 1 aromatic heterocycles. The Morgan fingerprint density at radius 3 is 2.48 bits per heavy atom. The van der Waals surface area contributed by atoms with Crippen LogP contribution in [0.25, 0.3) is 11.8 Å². The highest BCUT2D eigenvalue weighted by Crippen LogP contribution is 2.29. The van der Waals surface area contributed by atoms with Crippen molar-refractivity contribution in [1.82, 2.24) is 9.36 Å². The zero-order chi connectivity index (χ0) is 22.5. The SMILES string of the molecule is COc1cc(/C=C/C(=O)Nc2c(C)n(C)n(-c3ccccc3)c2=O)ccc1OC(F)F. The Morgan fingerprint density at radius 1 is 1.13 bits per heavy atom. The van der Waals surface area contributed by atoms with Gasteiger partial charge in [0, 0.05) is 13.1 Å². The summed E-state index contributed by atoms with van der Waals surface area (Å²) >= 11 is 0. The van der Waals surface area contributed by atoms with Crippen LogP contribution in [0.4, 0.5) is 14.5 Å². The molecule has 0 saturated carbocycles. The van der Waals surface area contributed by atoms with E-state index in [4.69, 9.17) is 4.74 Å². The number of amides is 1. The molecule has 7 nitrogen and oxygen atoms in total. The molecule has 3 rings (SSSR count). The fourth-order valence-electron chi connectivity index (χ4n) is 3.03. The van der Waals surface area contributed by atoms with Gasteiger partial charge in [-0.2, -0.15) is 8.78 Å². The van der Waals surface area contributed by atoms with Gasteiger partial charge in [-0.15, -0.1) is 0 Å². The molecule has 0 bridgehead atoms. The van der Waals surface area contributed by atoms with E-state index in [1.54, 1.807) is 30.8 Å². The summed E-state index contributed by atoms with van der Waals surface area (Å²) in [7, 11) is 3.05. The lowest BCUT2D eigenvalue weighted by Crippen LogP contribution is -2.22. The van der Waals surface area contributed by atoms with Crippen LogP contribution in [0.15, 0.2) is 59.4 Å². The molecule has 9 heteroatoms. The van der Waals surface area contributed by atoms with E-state index < -0.39 is 12.5 Å². The van der Waals surface area contributed by atoms with Crippen molar-refractivity contribution < 1.29 is 23.0 Å². The van der Waals surface area contributed by atoms with Gasteiger partial charge in [0.05, 0.1) is 18.5 Å². The van der Waals surface area contributed by atoms with Gasteiger partial charge in [0.1, 0.15) is 5.69 Å². The zero-order valence-corrected chi connectivity index (χ0v) is 17.1. The molecule has 0 aliphatic carbocycles. The Bertz CT molecular complexity index is 1170. The summed E-state index contributed by atoms with van der Waals surface area (Å²) in [5, 5.41) is 2.61. The van der Waals surface area contributed by atoms with Gasteiger partial charge in [0.25, 0.3) is 5.56 Å². The number of nitrogens with zero attached hydrogens (tertiary/aromatic N) is 2. The summed E-state index contributed by atoms with van der Waals surface area (Å²) in [4.78, 5) is 25.2. The predicted octanol–water partition coefficient (Wildman–Crippen LogP) is 3.75. The molecule has 0 fully saturated rings. The summed E-state index contributed by atoms with van der Waals surface area (Å²) in [5.41, 5.74) is 1.60. The van der Waals surface area contributed by atoms with Crippen LogP contribution in [-0.2, 0) is 11.8 Å². The number of carbonyl (C=O) groups excluding carboxylic acids is 1. The molecule has 0 aliphatic rings. The van der Waals surface area contributed by atoms with Crippen molar-refractivity contribution in [3.05, 3.63) is 76.2 Å². The third-order valence-corrected chi connectivity index (χ3v) is 4.63. The molecular weight excluding hydrogens is 408 g/mol. The Balaban J connectivity index is 1.80. The molecule has 31 heavy (non-hydrogen) atoms. The first-order valence-electron chi connectivity index (χ1n) is 9.27. The number of benzene rings is 2. The van der Waals surface area contributed by atoms with Crippen molar-refractivity contribution >= 4 is 17.7 Å². The summed E-state index contributed by atoms with van der Waals surface area (Å²) in [6.45, 7) is -1.25. The Kier molecular flexibility index (Phi) is 6.54. The number of hydrogen-bond donors (Lipinski definition) is 1. The number of para-hydroxylation sites is 1. The average Bonchev–Trinajstić information content (AvgIpc) is 2.96. The highest BCUT2D eigenvalue weighted by molar-refractivity contribution is 6.02. The van der Waals surface area contributed by atoms with Crippen molar-refractivity contribution in [2.75, 3.05) is 12.4 Å². The minimum atomic E-state index is -2.98. The molecule has 0 aliphatic heterocycles. The summed E-state index contributed by atoms with van der Waals surface area (Å²) in [6, 6.07) is 13.3. The van der Waals surface area contributed by atoms with E-state index in [0.29, 0.717) is 16.9 Å². The fraction of sp³-hybridized carbons (Fsp3) is 0.182. The zero-order valence-electron chi connectivity index (χ0n) is 17.1. The van der Waals surface area contributed by atoms with Crippen molar-refractivity contribution in [1.29, 1.82) is 0 Å². The monoisotopic (exact) mass is 429 g/mol. The largest absolute Gasteiger partial charge is 0.493 e. The first-order valence-corrected chi connectivity index (χ1v) is 9.27. The number of carbonyl (C=O) groups is 1. The van der Waals surface area contributed by atoms with Crippen LogP contribution in [0.5, 0.6) is 11.5 Å². The van der Waals surface area contributed by atoms with Crippen molar-refractivity contribution in [2.45, 2.75) is 13.5 Å². The number of methoxy groups -OCH3 is 1. The second kappa shape index (κ2) is 9.29. The number of anilines is 1. The van der Waals surface area contributed by atoms with Gasteiger partial charge < -0.3 is 14.8 Å². The molecule has 1 heterocycles. The molecule has 0 saturated heterocycles. The third-order valence-electron chi connectivity index (χ3n) is 4.63. The van der Waals surface area contributed by atoms with Gasteiger partial charge in [-0.25, -0.2) is 4.68 Å². The van der Waals surface area contributed by atoms with Gasteiger partial charge in [0.15, 0.2) is 11.5 Å². The summed E-state index contributed by atoms with van der Waals surface area (Å²) in [5.74, 6) is -0.522. The number of nitrogens with one attached hydrogen (secondary N) is 1. The molecule has 3 aromatic rings. The molecule has 0 atom stereocenters. The maximum absolute atomic E-state index is 12.8. The Labute approximate surface area is 177 Å². The second-order valence-corrected chi connectivity index (χ2v) is 6.55. The van der Waals surface area contributed by atoms with Crippen LogP contribution < -0.4 is 20.3 Å². The summed E-state index contributed by atoms with van der Waals surface area (Å²) in [6.07, 6.45) is 2.71. The van der Waals surface area contributed by atoms with Crippen LogP contribution in [0.3, 0.4) is 0 Å². The van der Waals surface area contributed by atoms with Crippen molar-refractivity contribution in [2.24, 2.45) is 7.05 Å². The Hall–Kier alpha value is -3.88. The van der Waals surface area contributed by atoms with Gasteiger partial charge in [-0.3, -0.25) is 14.3 Å². The highest BCUT2D eigenvalue weighted by atomic mass is 19.3. The van der Waals surface area contributed by atoms with E-state index in [0.717, 1.165) is 0 Å². The normalized spacial score (nSPS) is 11.2. The first-order chi connectivity index (χ1) is 14.8.